The number of carbonyl (C=O) groups excluding carboxylic acids is 1. The molecule has 1 N–H and O–H groups in total. The van der Waals surface area contributed by atoms with Gasteiger partial charge in [-0.1, -0.05) is 42.3 Å². The molecule has 2 atom stereocenters. The van der Waals surface area contributed by atoms with Gasteiger partial charge in [-0.25, -0.2) is 4.79 Å². The summed E-state index contributed by atoms with van der Waals surface area (Å²) in [4.78, 5) is 20.6. The largest absolute Gasteiger partial charge is 0.497 e. The lowest BCUT2D eigenvalue weighted by molar-refractivity contribution is 0.00399. The molecule has 216 valence electrons. The predicted octanol–water partition coefficient (Wildman–Crippen LogP) is 4.60. The van der Waals surface area contributed by atoms with Crippen molar-refractivity contribution in [2.24, 2.45) is 0 Å². The van der Waals surface area contributed by atoms with Crippen molar-refractivity contribution < 1.29 is 24.1 Å². The zero-order chi connectivity index (χ0) is 28.6. The molecule has 0 unspecified atom stereocenters. The molecule has 40 heavy (non-hydrogen) atoms. The van der Waals surface area contributed by atoms with Crippen molar-refractivity contribution in [2.75, 3.05) is 47.6 Å². The average molecular weight is 550 g/mol. The first kappa shape index (κ1) is 28.5. The monoisotopic (exact) mass is 549 g/mol. The Morgan fingerprint density at radius 2 is 1.73 bits per heavy atom. The third-order valence-electron chi connectivity index (χ3n) is 8.89. The minimum atomic E-state index is -0.463. The fourth-order valence-electron chi connectivity index (χ4n) is 6.99. The van der Waals surface area contributed by atoms with Gasteiger partial charge < -0.3 is 24.2 Å². The van der Waals surface area contributed by atoms with Crippen LogP contribution in [0, 0.1) is 13.8 Å². The number of amides is 2. The minimum Gasteiger partial charge on any atom is -0.497 e. The number of aliphatic hydroxyl groups excluding tert-OH is 1. The van der Waals surface area contributed by atoms with Crippen LogP contribution in [0.1, 0.15) is 53.5 Å². The molecule has 0 radical (unpaired) electrons. The van der Waals surface area contributed by atoms with Crippen LogP contribution in [0.2, 0.25) is 0 Å². The summed E-state index contributed by atoms with van der Waals surface area (Å²) in [5, 5.41) is 9.97. The molecule has 3 aliphatic rings. The van der Waals surface area contributed by atoms with Crippen molar-refractivity contribution >= 4 is 6.03 Å². The molecule has 3 aliphatic heterocycles. The zero-order valence-corrected chi connectivity index (χ0v) is 24.7. The topological polar surface area (TPSA) is 74.7 Å². The SMILES string of the molecule is COc1cc2c(c(OC)c1)[C@@H](C)C=C1N(C2)C(=O)N(C[C@H](CO)OC)C12CCN(Cc1cc(C)cc(C)c1)CC2. The van der Waals surface area contributed by atoms with E-state index >= 15 is 0 Å². The lowest BCUT2D eigenvalue weighted by Crippen LogP contribution is -2.55. The fraction of sp³-hybridized carbons (Fsp3) is 0.531. The molecular formula is C32H43N3O5. The molecule has 8 nitrogen and oxygen atoms in total. The van der Waals surface area contributed by atoms with E-state index in [9.17, 15) is 9.90 Å². The van der Waals surface area contributed by atoms with Crippen LogP contribution in [0.5, 0.6) is 11.5 Å². The number of hydrogen-bond acceptors (Lipinski definition) is 6. The molecule has 3 heterocycles. The van der Waals surface area contributed by atoms with Crippen LogP contribution < -0.4 is 9.47 Å². The summed E-state index contributed by atoms with van der Waals surface area (Å²) in [6, 6.07) is 10.6. The molecule has 2 fully saturated rings. The van der Waals surface area contributed by atoms with E-state index in [0.717, 1.165) is 55.0 Å². The van der Waals surface area contributed by atoms with Gasteiger partial charge in [-0.05, 0) is 43.9 Å². The smallest absolute Gasteiger partial charge is 0.325 e. The number of hydrogen-bond donors (Lipinski definition) is 1. The summed E-state index contributed by atoms with van der Waals surface area (Å²) < 4.78 is 16.9. The van der Waals surface area contributed by atoms with Crippen molar-refractivity contribution in [2.45, 2.75) is 64.3 Å². The maximum Gasteiger partial charge on any atom is 0.325 e. The number of piperidine rings is 1. The quantitative estimate of drug-likeness (QED) is 0.519. The van der Waals surface area contributed by atoms with Crippen LogP contribution in [-0.4, -0.2) is 85.1 Å². The number of allylic oxidation sites excluding steroid dienone is 1. The molecule has 2 saturated heterocycles. The molecule has 2 amide bonds. The van der Waals surface area contributed by atoms with E-state index in [2.05, 4.69) is 49.9 Å². The number of fused-ring (bicyclic) bond motifs is 3. The molecule has 0 aromatic heterocycles. The maximum atomic E-state index is 14.2. The molecular weight excluding hydrogens is 506 g/mol. The van der Waals surface area contributed by atoms with E-state index in [-0.39, 0.29) is 18.6 Å². The number of aryl methyl sites for hydroxylation is 2. The summed E-state index contributed by atoms with van der Waals surface area (Å²) in [5.41, 5.74) is 6.61. The van der Waals surface area contributed by atoms with Crippen LogP contribution in [0.3, 0.4) is 0 Å². The lowest BCUT2D eigenvalue weighted by Gasteiger charge is -2.45. The molecule has 1 spiro atoms. The number of ether oxygens (including phenoxy) is 3. The van der Waals surface area contributed by atoms with Gasteiger partial charge in [-0.15, -0.1) is 0 Å². The Balaban J connectivity index is 1.50. The van der Waals surface area contributed by atoms with Gasteiger partial charge in [0.1, 0.15) is 11.5 Å². The zero-order valence-electron chi connectivity index (χ0n) is 24.7. The molecule has 0 aliphatic carbocycles. The number of urea groups is 1. The predicted molar refractivity (Wildman–Crippen MR) is 155 cm³/mol. The van der Waals surface area contributed by atoms with E-state index in [1.165, 1.54) is 16.7 Å². The van der Waals surface area contributed by atoms with Gasteiger partial charge in [-0.3, -0.25) is 9.80 Å². The van der Waals surface area contributed by atoms with Gasteiger partial charge in [0.05, 0.1) is 45.6 Å². The highest BCUT2D eigenvalue weighted by molar-refractivity contribution is 5.83. The standard InChI is InChI=1S/C32H43N3O5/c1-21-11-22(2)13-24(12-21)17-33-9-7-32(8-10-33)29-14-23(3)30-25(15-26(38-4)16-28(30)40-6)18-34(29)31(37)35(32)19-27(20-36)39-5/h11-16,23,27,36H,7-10,17-20H2,1-6H3/t23-,27+/m0/s1. The molecule has 0 saturated carbocycles. The first-order chi connectivity index (χ1) is 19.2. The number of likely N-dealkylation sites (tertiary alicyclic amines) is 1. The van der Waals surface area contributed by atoms with Crippen molar-refractivity contribution in [1.29, 1.82) is 0 Å². The van der Waals surface area contributed by atoms with E-state index in [4.69, 9.17) is 14.2 Å². The first-order valence-corrected chi connectivity index (χ1v) is 14.2. The highest BCUT2D eigenvalue weighted by atomic mass is 16.5. The lowest BCUT2D eigenvalue weighted by atomic mass is 9.81. The van der Waals surface area contributed by atoms with Gasteiger partial charge >= 0.3 is 6.03 Å². The second-order valence-corrected chi connectivity index (χ2v) is 11.6. The number of methoxy groups -OCH3 is 3. The van der Waals surface area contributed by atoms with E-state index < -0.39 is 11.6 Å². The average Bonchev–Trinajstić information content (AvgIpc) is 3.03. The summed E-state index contributed by atoms with van der Waals surface area (Å²) >= 11 is 0. The Bertz CT molecular complexity index is 1260. The molecule has 0 bridgehead atoms. The third kappa shape index (κ3) is 5.08. The van der Waals surface area contributed by atoms with Crippen LogP contribution in [0.15, 0.2) is 42.1 Å². The minimum absolute atomic E-state index is 0.0358. The second-order valence-electron chi connectivity index (χ2n) is 11.6. The molecule has 2 aromatic carbocycles. The molecule has 2 aromatic rings. The summed E-state index contributed by atoms with van der Waals surface area (Å²) in [5.74, 6) is 1.54. The van der Waals surface area contributed by atoms with Crippen LogP contribution in [0.25, 0.3) is 0 Å². The number of benzene rings is 2. The Kier molecular flexibility index (Phi) is 8.13. The fourth-order valence-corrected chi connectivity index (χ4v) is 6.99. The Morgan fingerprint density at radius 1 is 1.02 bits per heavy atom. The van der Waals surface area contributed by atoms with E-state index in [1.807, 2.05) is 21.9 Å². The number of aliphatic hydroxyl groups is 1. The van der Waals surface area contributed by atoms with Gasteiger partial charge in [0.15, 0.2) is 0 Å². The highest BCUT2D eigenvalue weighted by Gasteiger charge is 2.55. The highest BCUT2D eigenvalue weighted by Crippen LogP contribution is 2.49. The van der Waals surface area contributed by atoms with Crippen LogP contribution in [0.4, 0.5) is 4.79 Å². The second kappa shape index (κ2) is 11.4. The molecule has 5 rings (SSSR count). The van der Waals surface area contributed by atoms with Crippen molar-refractivity contribution in [1.82, 2.24) is 14.7 Å². The third-order valence-corrected chi connectivity index (χ3v) is 8.89. The van der Waals surface area contributed by atoms with Crippen LogP contribution >= 0.6 is 0 Å². The molecule has 8 heteroatoms. The Morgan fingerprint density at radius 3 is 2.33 bits per heavy atom. The normalized spacial score (nSPS) is 21.1. The number of nitrogens with zero attached hydrogens (tertiary/aromatic N) is 3. The van der Waals surface area contributed by atoms with E-state index in [0.29, 0.717) is 18.8 Å². The number of rotatable bonds is 8. The van der Waals surface area contributed by atoms with Gasteiger partial charge in [0.2, 0.25) is 0 Å². The van der Waals surface area contributed by atoms with Crippen molar-refractivity contribution in [3.63, 3.8) is 0 Å². The van der Waals surface area contributed by atoms with E-state index in [1.54, 1.807) is 21.3 Å². The Labute approximate surface area is 238 Å². The maximum absolute atomic E-state index is 14.2. The van der Waals surface area contributed by atoms with Gasteiger partial charge in [-0.2, -0.15) is 0 Å². The van der Waals surface area contributed by atoms with Gasteiger partial charge in [0.25, 0.3) is 0 Å². The van der Waals surface area contributed by atoms with Crippen molar-refractivity contribution in [3.05, 3.63) is 69.9 Å². The Hall–Kier alpha value is -3.07. The summed E-state index contributed by atoms with van der Waals surface area (Å²) in [7, 11) is 4.92. The van der Waals surface area contributed by atoms with Gasteiger partial charge in [0, 0.05) is 50.0 Å². The van der Waals surface area contributed by atoms with Crippen LogP contribution in [-0.2, 0) is 17.8 Å². The number of carbonyl (C=O) groups is 1. The summed E-state index contributed by atoms with van der Waals surface area (Å²) in [6.45, 7) is 9.76. The summed E-state index contributed by atoms with van der Waals surface area (Å²) in [6.07, 6.45) is 3.45. The first-order valence-electron chi connectivity index (χ1n) is 14.2. The van der Waals surface area contributed by atoms with Crippen molar-refractivity contribution in [3.8, 4) is 11.5 Å².